The van der Waals surface area contributed by atoms with Crippen molar-refractivity contribution in [3.63, 3.8) is 0 Å². The van der Waals surface area contributed by atoms with Gasteiger partial charge in [-0.3, -0.25) is 4.79 Å². The van der Waals surface area contributed by atoms with Gasteiger partial charge in [0, 0.05) is 17.3 Å². The maximum atomic E-state index is 12.9. The van der Waals surface area contributed by atoms with Crippen LogP contribution in [0.25, 0.3) is 0 Å². The second kappa shape index (κ2) is 7.66. The molecule has 0 aromatic heterocycles. The second-order valence-electron chi connectivity index (χ2n) is 6.01. The van der Waals surface area contributed by atoms with Crippen LogP contribution in [0.2, 0.25) is 0 Å². The van der Waals surface area contributed by atoms with E-state index in [2.05, 4.69) is 35.1 Å². The van der Waals surface area contributed by atoms with Gasteiger partial charge >= 0.3 is 6.18 Å². The Hall–Kier alpha value is -0.260. The molecule has 2 nitrogen and oxygen atoms in total. The molecule has 6 heteroatoms. The van der Waals surface area contributed by atoms with E-state index in [1.807, 2.05) is 0 Å². The predicted octanol–water partition coefficient (Wildman–Crippen LogP) is 4.28. The fraction of sp³-hybridized carbons (Fsp3) is 0.929. The lowest BCUT2D eigenvalue weighted by Gasteiger charge is -2.32. The summed E-state index contributed by atoms with van der Waals surface area (Å²) in [5.41, 5.74) is 0. The molecule has 0 saturated heterocycles. The van der Waals surface area contributed by atoms with Gasteiger partial charge in [0.1, 0.15) is 0 Å². The van der Waals surface area contributed by atoms with Crippen LogP contribution in [0.4, 0.5) is 13.2 Å². The van der Waals surface area contributed by atoms with E-state index in [-0.39, 0.29) is 11.2 Å². The van der Waals surface area contributed by atoms with Crippen LogP contribution in [0.15, 0.2) is 0 Å². The highest BCUT2D eigenvalue weighted by atomic mass is 79.9. The van der Waals surface area contributed by atoms with Crippen molar-refractivity contribution in [3.05, 3.63) is 0 Å². The van der Waals surface area contributed by atoms with Gasteiger partial charge in [-0.05, 0) is 25.2 Å². The van der Waals surface area contributed by atoms with Crippen LogP contribution in [-0.2, 0) is 4.79 Å². The fourth-order valence-corrected chi connectivity index (χ4v) is 3.68. The Bertz CT molecular complexity index is 320. The average molecular weight is 358 g/mol. The highest BCUT2D eigenvalue weighted by Crippen LogP contribution is 2.41. The van der Waals surface area contributed by atoms with Gasteiger partial charge in [-0.15, -0.1) is 0 Å². The average Bonchev–Trinajstić information content (AvgIpc) is 2.34. The summed E-state index contributed by atoms with van der Waals surface area (Å²) in [6.07, 6.45) is -1.71. The molecule has 0 bridgehead atoms. The van der Waals surface area contributed by atoms with Gasteiger partial charge in [0.25, 0.3) is 0 Å². The number of rotatable bonds is 5. The van der Waals surface area contributed by atoms with Crippen LogP contribution in [0, 0.1) is 17.8 Å². The number of hydrogen-bond acceptors (Lipinski definition) is 1. The second-order valence-corrected chi connectivity index (χ2v) is 7.31. The van der Waals surface area contributed by atoms with Crippen molar-refractivity contribution in [1.29, 1.82) is 0 Å². The number of halogens is 4. The SMILES string of the molecule is CC(C)CC(Br)CNC(=O)C1CCCCC1C(F)(F)F. The van der Waals surface area contributed by atoms with Crippen molar-refractivity contribution in [2.24, 2.45) is 17.8 Å². The lowest BCUT2D eigenvalue weighted by atomic mass is 9.78. The van der Waals surface area contributed by atoms with E-state index in [0.717, 1.165) is 6.42 Å². The zero-order valence-corrected chi connectivity index (χ0v) is 13.6. The van der Waals surface area contributed by atoms with E-state index in [1.165, 1.54) is 0 Å². The predicted molar refractivity (Wildman–Crippen MR) is 76.7 cm³/mol. The van der Waals surface area contributed by atoms with Crippen LogP contribution in [0.5, 0.6) is 0 Å². The molecule has 1 rings (SSSR count). The molecule has 1 saturated carbocycles. The fourth-order valence-electron chi connectivity index (χ4n) is 2.77. The first-order valence-electron chi connectivity index (χ1n) is 7.20. The van der Waals surface area contributed by atoms with Crippen LogP contribution in [0.1, 0.15) is 46.0 Å². The van der Waals surface area contributed by atoms with E-state index >= 15 is 0 Å². The number of carbonyl (C=O) groups excluding carboxylic acids is 1. The van der Waals surface area contributed by atoms with E-state index in [1.54, 1.807) is 0 Å². The maximum Gasteiger partial charge on any atom is 0.392 e. The number of nitrogens with one attached hydrogen (secondary N) is 1. The summed E-state index contributed by atoms with van der Waals surface area (Å²) >= 11 is 3.45. The van der Waals surface area contributed by atoms with Gasteiger partial charge in [0.05, 0.1) is 5.92 Å². The maximum absolute atomic E-state index is 12.9. The standard InChI is InChI=1S/C14H23BrF3NO/c1-9(2)7-10(15)8-19-13(20)11-5-3-4-6-12(11)14(16,17)18/h9-12H,3-8H2,1-2H3,(H,19,20). The van der Waals surface area contributed by atoms with Crippen LogP contribution >= 0.6 is 15.9 Å². The molecule has 118 valence electrons. The Morgan fingerprint density at radius 2 is 1.90 bits per heavy atom. The summed E-state index contributed by atoms with van der Waals surface area (Å²) in [6, 6.07) is 0. The van der Waals surface area contributed by atoms with Crippen LogP contribution in [0.3, 0.4) is 0 Å². The number of amides is 1. The minimum atomic E-state index is -4.27. The highest BCUT2D eigenvalue weighted by Gasteiger charge is 2.47. The van der Waals surface area contributed by atoms with E-state index in [9.17, 15) is 18.0 Å². The molecule has 1 N–H and O–H groups in total. The van der Waals surface area contributed by atoms with Crippen LogP contribution < -0.4 is 5.32 Å². The smallest absolute Gasteiger partial charge is 0.355 e. The number of carbonyl (C=O) groups is 1. The van der Waals surface area contributed by atoms with Crippen molar-refractivity contribution in [3.8, 4) is 0 Å². The minimum Gasteiger partial charge on any atom is -0.355 e. The summed E-state index contributed by atoms with van der Waals surface area (Å²) in [7, 11) is 0. The largest absolute Gasteiger partial charge is 0.392 e. The molecule has 0 spiro atoms. The van der Waals surface area contributed by atoms with Gasteiger partial charge in [-0.1, -0.05) is 42.6 Å². The Morgan fingerprint density at radius 1 is 1.30 bits per heavy atom. The third kappa shape index (κ3) is 5.62. The van der Waals surface area contributed by atoms with Gasteiger partial charge in [-0.25, -0.2) is 0 Å². The number of hydrogen-bond donors (Lipinski definition) is 1. The van der Waals surface area contributed by atoms with Crippen molar-refractivity contribution < 1.29 is 18.0 Å². The van der Waals surface area contributed by atoms with Crippen molar-refractivity contribution in [1.82, 2.24) is 5.32 Å². The van der Waals surface area contributed by atoms with Crippen molar-refractivity contribution in [2.45, 2.75) is 57.0 Å². The first kappa shape index (κ1) is 17.8. The summed E-state index contributed by atoms with van der Waals surface area (Å²) in [6.45, 7) is 4.52. The molecular formula is C14H23BrF3NO. The molecule has 3 unspecified atom stereocenters. The van der Waals surface area contributed by atoms with Crippen molar-refractivity contribution in [2.75, 3.05) is 6.54 Å². The Labute approximate surface area is 127 Å². The zero-order valence-electron chi connectivity index (χ0n) is 12.0. The summed E-state index contributed by atoms with van der Waals surface area (Å²) in [5, 5.41) is 2.67. The third-order valence-electron chi connectivity index (χ3n) is 3.75. The summed E-state index contributed by atoms with van der Waals surface area (Å²) < 4.78 is 38.8. The lowest BCUT2D eigenvalue weighted by molar-refractivity contribution is -0.198. The Kier molecular flexibility index (Phi) is 6.82. The normalized spacial score (nSPS) is 25.6. The minimum absolute atomic E-state index is 0.0747. The van der Waals surface area contributed by atoms with Gasteiger partial charge in [0.15, 0.2) is 0 Å². The molecule has 0 aromatic rings. The van der Waals surface area contributed by atoms with E-state index in [0.29, 0.717) is 31.7 Å². The van der Waals surface area contributed by atoms with Crippen molar-refractivity contribution >= 4 is 21.8 Å². The molecule has 1 amide bonds. The first-order valence-corrected chi connectivity index (χ1v) is 8.12. The third-order valence-corrected chi connectivity index (χ3v) is 4.45. The highest BCUT2D eigenvalue weighted by molar-refractivity contribution is 9.09. The van der Waals surface area contributed by atoms with Crippen LogP contribution in [-0.4, -0.2) is 23.5 Å². The van der Waals surface area contributed by atoms with Gasteiger partial charge in [-0.2, -0.15) is 13.2 Å². The molecule has 0 aliphatic heterocycles. The molecule has 3 atom stereocenters. The van der Waals surface area contributed by atoms with E-state index in [4.69, 9.17) is 0 Å². The lowest BCUT2D eigenvalue weighted by Crippen LogP contribution is -2.43. The molecule has 0 heterocycles. The molecule has 0 radical (unpaired) electrons. The van der Waals surface area contributed by atoms with E-state index < -0.39 is 23.9 Å². The first-order chi connectivity index (χ1) is 9.21. The van der Waals surface area contributed by atoms with Gasteiger partial charge in [0.2, 0.25) is 5.91 Å². The Balaban J connectivity index is 2.52. The molecule has 20 heavy (non-hydrogen) atoms. The molecule has 1 fully saturated rings. The summed E-state index contributed by atoms with van der Waals surface area (Å²) in [4.78, 5) is 12.1. The quantitative estimate of drug-likeness (QED) is 0.731. The number of alkyl halides is 4. The summed E-state index contributed by atoms with van der Waals surface area (Å²) in [5.74, 6) is -2.35. The zero-order chi connectivity index (χ0) is 15.3. The van der Waals surface area contributed by atoms with Gasteiger partial charge < -0.3 is 5.32 Å². The Morgan fingerprint density at radius 3 is 2.45 bits per heavy atom. The molecule has 0 aromatic carbocycles. The molecular weight excluding hydrogens is 335 g/mol. The molecule has 1 aliphatic rings. The molecule has 1 aliphatic carbocycles. The topological polar surface area (TPSA) is 29.1 Å². The monoisotopic (exact) mass is 357 g/mol.